The molecule has 0 heterocycles. The van der Waals surface area contributed by atoms with E-state index in [1.54, 1.807) is 0 Å². The first-order valence-electron chi connectivity index (χ1n) is 1.49. The van der Waals surface area contributed by atoms with Crippen LogP contribution in [0, 0.1) is 0 Å². The molecule has 0 N–H and O–H groups in total. The Balaban J connectivity index is 0. The molecule has 0 atom stereocenters. The number of methoxy groups -OCH3 is 1. The zero-order chi connectivity index (χ0) is 5.91. The molecule has 0 rings (SSSR count). The van der Waals surface area contributed by atoms with Crippen LogP contribution in [0.5, 0.6) is 0 Å². The minimum atomic E-state index is -4.15. The summed E-state index contributed by atoms with van der Waals surface area (Å²) >= 11 is 0. The van der Waals surface area contributed by atoms with Crippen molar-refractivity contribution in [3.63, 3.8) is 0 Å². The van der Waals surface area contributed by atoms with E-state index in [9.17, 15) is 13.0 Å². The summed E-state index contributed by atoms with van der Waals surface area (Å²) in [6.07, 6.45) is 0. The molecule has 0 aromatic heterocycles. The summed E-state index contributed by atoms with van der Waals surface area (Å²) in [5, 5.41) is 0. The standard InChI is InChI=1S/C2H6O4S.K/c1-6-2-7(3,4)5;/h2H2,1H3,(H,3,4,5);/q;+1/p-1. The van der Waals surface area contributed by atoms with Crippen molar-refractivity contribution >= 4 is 10.1 Å². The maximum Gasteiger partial charge on any atom is 1.00 e. The van der Waals surface area contributed by atoms with Crippen LogP contribution in [0.2, 0.25) is 0 Å². The van der Waals surface area contributed by atoms with E-state index in [2.05, 4.69) is 4.74 Å². The third-order valence-corrected chi connectivity index (χ3v) is 0.787. The molecule has 0 aromatic rings. The van der Waals surface area contributed by atoms with E-state index in [0.29, 0.717) is 0 Å². The van der Waals surface area contributed by atoms with Gasteiger partial charge in [0.25, 0.3) is 0 Å². The smallest absolute Gasteiger partial charge is 0.746 e. The van der Waals surface area contributed by atoms with Gasteiger partial charge < -0.3 is 9.29 Å². The van der Waals surface area contributed by atoms with Crippen LogP contribution < -0.4 is 51.4 Å². The predicted molar refractivity (Wildman–Crippen MR) is 21.6 cm³/mol. The van der Waals surface area contributed by atoms with Gasteiger partial charge in [-0.2, -0.15) is 0 Å². The van der Waals surface area contributed by atoms with Crippen LogP contribution >= 0.6 is 0 Å². The van der Waals surface area contributed by atoms with Gasteiger partial charge in [-0.15, -0.1) is 0 Å². The van der Waals surface area contributed by atoms with Gasteiger partial charge in [0, 0.05) is 7.11 Å². The number of ether oxygens (including phenoxy) is 1. The second-order valence-corrected chi connectivity index (χ2v) is 2.32. The van der Waals surface area contributed by atoms with E-state index in [-0.39, 0.29) is 51.4 Å². The first kappa shape index (κ1) is 12.2. The van der Waals surface area contributed by atoms with Gasteiger partial charge in [0.2, 0.25) is 0 Å². The predicted octanol–water partition coefficient (Wildman–Crippen LogP) is -3.86. The zero-order valence-electron chi connectivity index (χ0n) is 4.75. The first-order valence-corrected chi connectivity index (χ1v) is 3.06. The monoisotopic (exact) mass is 164 g/mol. The second-order valence-electron chi connectivity index (χ2n) is 0.964. The molecule has 4 nitrogen and oxygen atoms in total. The fraction of sp³-hybridized carbons (Fsp3) is 1.00. The van der Waals surface area contributed by atoms with Crippen molar-refractivity contribution < 1.29 is 69.1 Å². The van der Waals surface area contributed by atoms with Crippen LogP contribution in [-0.4, -0.2) is 26.0 Å². The zero-order valence-corrected chi connectivity index (χ0v) is 8.69. The molecular formula is C2H5KO4S. The van der Waals surface area contributed by atoms with Crippen molar-refractivity contribution in [1.29, 1.82) is 0 Å². The van der Waals surface area contributed by atoms with Gasteiger partial charge in [-0.3, -0.25) is 0 Å². The Kier molecular flexibility index (Phi) is 8.09. The SMILES string of the molecule is COCS(=O)(=O)[O-].[K+]. The third kappa shape index (κ3) is 10.5. The molecule has 0 bridgehead atoms. The van der Waals surface area contributed by atoms with Crippen LogP contribution in [-0.2, 0) is 14.9 Å². The van der Waals surface area contributed by atoms with E-state index in [1.165, 1.54) is 0 Å². The molecule has 0 unspecified atom stereocenters. The Morgan fingerprint density at radius 1 is 1.62 bits per heavy atom. The number of rotatable bonds is 2. The van der Waals surface area contributed by atoms with Crippen molar-refractivity contribution in [2.45, 2.75) is 0 Å². The molecule has 0 fully saturated rings. The van der Waals surface area contributed by atoms with Gasteiger partial charge in [-0.1, -0.05) is 0 Å². The van der Waals surface area contributed by atoms with E-state index >= 15 is 0 Å². The summed E-state index contributed by atoms with van der Waals surface area (Å²) < 4.78 is 32.7. The minimum Gasteiger partial charge on any atom is -0.746 e. The van der Waals surface area contributed by atoms with Crippen LogP contribution in [0.4, 0.5) is 0 Å². The quantitative estimate of drug-likeness (QED) is 0.309. The molecule has 0 aliphatic heterocycles. The van der Waals surface area contributed by atoms with E-state index in [1.807, 2.05) is 0 Å². The van der Waals surface area contributed by atoms with Crippen molar-refractivity contribution in [2.75, 3.05) is 13.0 Å². The van der Waals surface area contributed by atoms with Gasteiger partial charge in [0.05, 0.1) is 0 Å². The summed E-state index contributed by atoms with van der Waals surface area (Å²) in [5.74, 6) is -0.743. The molecular weight excluding hydrogens is 159 g/mol. The molecule has 44 valence electrons. The fourth-order valence-corrected chi connectivity index (χ4v) is 0.433. The average Bonchev–Trinajstić information content (AvgIpc) is 1.30. The average molecular weight is 164 g/mol. The van der Waals surface area contributed by atoms with Gasteiger partial charge >= 0.3 is 51.4 Å². The van der Waals surface area contributed by atoms with Crippen molar-refractivity contribution in [1.82, 2.24) is 0 Å². The summed E-state index contributed by atoms with van der Waals surface area (Å²) in [6, 6.07) is 0. The molecule has 0 aromatic carbocycles. The van der Waals surface area contributed by atoms with Crippen molar-refractivity contribution in [3.8, 4) is 0 Å². The summed E-state index contributed by atoms with van der Waals surface area (Å²) in [7, 11) is -3.00. The largest absolute Gasteiger partial charge is 1.00 e. The van der Waals surface area contributed by atoms with Crippen LogP contribution in [0.15, 0.2) is 0 Å². The number of hydrogen-bond acceptors (Lipinski definition) is 4. The molecule has 0 saturated heterocycles. The van der Waals surface area contributed by atoms with Crippen LogP contribution in [0.3, 0.4) is 0 Å². The normalized spacial score (nSPS) is 10.2. The molecule has 0 aliphatic rings. The van der Waals surface area contributed by atoms with Gasteiger partial charge in [0.15, 0.2) is 0 Å². The third-order valence-electron chi connectivity index (χ3n) is 0.262. The summed E-state index contributed by atoms with van der Waals surface area (Å²) in [6.45, 7) is 0. The van der Waals surface area contributed by atoms with Gasteiger partial charge in [0.1, 0.15) is 16.1 Å². The van der Waals surface area contributed by atoms with Gasteiger partial charge in [-0.25, -0.2) is 8.42 Å². The maximum atomic E-state index is 9.55. The summed E-state index contributed by atoms with van der Waals surface area (Å²) in [4.78, 5) is 0. The van der Waals surface area contributed by atoms with Crippen molar-refractivity contribution in [3.05, 3.63) is 0 Å². The van der Waals surface area contributed by atoms with Crippen molar-refractivity contribution in [2.24, 2.45) is 0 Å². The van der Waals surface area contributed by atoms with E-state index in [4.69, 9.17) is 0 Å². The summed E-state index contributed by atoms with van der Waals surface area (Å²) in [5.41, 5.74) is 0. The molecule has 0 aliphatic carbocycles. The topological polar surface area (TPSA) is 66.4 Å². The molecule has 0 radical (unpaired) electrons. The first-order chi connectivity index (χ1) is 3.06. The fourth-order valence-electron chi connectivity index (χ4n) is 0.144. The minimum absolute atomic E-state index is 0. The van der Waals surface area contributed by atoms with Gasteiger partial charge in [-0.05, 0) is 0 Å². The Hall–Kier alpha value is 1.51. The maximum absolute atomic E-state index is 9.55. The Labute approximate surface area is 90.8 Å². The molecule has 0 saturated carbocycles. The second kappa shape index (κ2) is 5.30. The molecule has 0 amide bonds. The Morgan fingerprint density at radius 2 is 2.00 bits per heavy atom. The van der Waals surface area contributed by atoms with E-state index < -0.39 is 16.1 Å². The Morgan fingerprint density at radius 3 is 2.00 bits per heavy atom. The molecule has 0 spiro atoms. The van der Waals surface area contributed by atoms with E-state index in [0.717, 1.165) is 7.11 Å². The van der Waals surface area contributed by atoms with Crippen LogP contribution in [0.25, 0.3) is 0 Å². The van der Waals surface area contributed by atoms with Crippen LogP contribution in [0.1, 0.15) is 0 Å². The Bertz CT molecular complexity index is 127. The molecule has 8 heavy (non-hydrogen) atoms. The molecule has 6 heteroatoms. The number of hydrogen-bond donors (Lipinski definition) is 0.